The Morgan fingerprint density at radius 2 is 1.69 bits per heavy atom. The quantitative estimate of drug-likeness (QED) is 0.843. The Kier molecular flexibility index (Phi) is 4.15. The third kappa shape index (κ3) is 2.87. The molecule has 0 spiro atoms. The first-order valence-corrected chi connectivity index (χ1v) is 5.15. The molecule has 0 aromatic heterocycles. The molecule has 3 amide bonds. The number of nitrogens with one attached hydrogen (secondary N) is 1. The Balaban J connectivity index is 2.93. The Morgan fingerprint density at radius 1 is 1.19 bits per heavy atom. The molecule has 0 bridgehead atoms. The van der Waals surface area contributed by atoms with Crippen molar-refractivity contribution in [1.82, 2.24) is 10.2 Å². The number of urea groups is 1. The molecule has 4 nitrogen and oxygen atoms in total. The molecule has 0 heterocycles. The topological polar surface area (TPSA) is 49.4 Å². The smallest absolute Gasteiger partial charge is 0.323 e. The van der Waals surface area contributed by atoms with E-state index in [1.807, 2.05) is 0 Å². The number of benzene rings is 1. The number of amides is 3. The highest BCUT2D eigenvalue weighted by atomic mass is 35.5. The zero-order chi connectivity index (χ0) is 12.3. The van der Waals surface area contributed by atoms with E-state index in [0.29, 0.717) is 0 Å². The van der Waals surface area contributed by atoms with Crippen molar-refractivity contribution in [1.29, 1.82) is 0 Å². The van der Waals surface area contributed by atoms with E-state index in [0.717, 1.165) is 0 Å². The average molecular weight is 261 g/mol. The number of hydrogen-bond donors (Lipinski definition) is 1. The predicted octanol–water partition coefficient (Wildman–Crippen LogP) is 2.40. The van der Waals surface area contributed by atoms with Crippen molar-refractivity contribution >= 4 is 35.1 Å². The molecular formula is C10H10Cl2N2O2. The van der Waals surface area contributed by atoms with Crippen LogP contribution in [0.15, 0.2) is 18.2 Å². The van der Waals surface area contributed by atoms with Gasteiger partial charge in [0.25, 0.3) is 5.91 Å². The van der Waals surface area contributed by atoms with Gasteiger partial charge in [-0.3, -0.25) is 10.1 Å². The first-order valence-electron chi connectivity index (χ1n) is 4.40. The molecule has 0 aliphatic carbocycles. The zero-order valence-electron chi connectivity index (χ0n) is 8.75. The highest BCUT2D eigenvalue weighted by Crippen LogP contribution is 2.23. The molecule has 1 rings (SSSR count). The van der Waals surface area contributed by atoms with Crippen LogP contribution in [0.2, 0.25) is 10.0 Å². The second-order valence-electron chi connectivity index (χ2n) is 3.25. The van der Waals surface area contributed by atoms with Gasteiger partial charge in [0.15, 0.2) is 0 Å². The van der Waals surface area contributed by atoms with Crippen LogP contribution < -0.4 is 5.32 Å². The monoisotopic (exact) mass is 260 g/mol. The lowest BCUT2D eigenvalue weighted by atomic mass is 10.2. The van der Waals surface area contributed by atoms with Gasteiger partial charge in [-0.1, -0.05) is 29.3 Å². The van der Waals surface area contributed by atoms with Crippen LogP contribution in [0.4, 0.5) is 4.79 Å². The molecule has 0 saturated carbocycles. The minimum Gasteiger partial charge on any atom is -0.331 e. The standard InChI is InChI=1S/C10H10Cl2N2O2/c1-14(2)10(16)13-9(15)8-6(11)4-3-5-7(8)12/h3-5H,1-2H3,(H,13,15,16). The van der Waals surface area contributed by atoms with Gasteiger partial charge in [0.2, 0.25) is 0 Å². The summed E-state index contributed by atoms with van der Waals surface area (Å²) in [5.74, 6) is -0.616. The summed E-state index contributed by atoms with van der Waals surface area (Å²) in [5, 5.41) is 2.57. The van der Waals surface area contributed by atoms with Crippen LogP contribution in [0.25, 0.3) is 0 Å². The van der Waals surface area contributed by atoms with Crippen molar-refractivity contribution in [3.8, 4) is 0 Å². The average Bonchev–Trinajstić information content (AvgIpc) is 2.16. The summed E-state index contributed by atoms with van der Waals surface area (Å²) in [4.78, 5) is 24.2. The maximum Gasteiger partial charge on any atom is 0.323 e. The van der Waals surface area contributed by atoms with E-state index in [2.05, 4.69) is 5.32 Å². The molecule has 1 aromatic carbocycles. The molecule has 0 saturated heterocycles. The zero-order valence-corrected chi connectivity index (χ0v) is 10.3. The molecule has 6 heteroatoms. The fraction of sp³-hybridized carbons (Fsp3) is 0.200. The second kappa shape index (κ2) is 5.18. The largest absolute Gasteiger partial charge is 0.331 e. The number of nitrogens with zero attached hydrogens (tertiary/aromatic N) is 1. The van der Waals surface area contributed by atoms with Crippen LogP contribution in [0.1, 0.15) is 10.4 Å². The first-order chi connectivity index (χ1) is 7.43. The van der Waals surface area contributed by atoms with Gasteiger partial charge in [0, 0.05) is 14.1 Å². The SMILES string of the molecule is CN(C)C(=O)NC(=O)c1c(Cl)cccc1Cl. The van der Waals surface area contributed by atoms with Gasteiger partial charge in [-0.25, -0.2) is 4.79 Å². The van der Waals surface area contributed by atoms with Crippen molar-refractivity contribution in [3.63, 3.8) is 0 Å². The molecule has 0 aliphatic rings. The summed E-state index contributed by atoms with van der Waals surface area (Å²) in [6, 6.07) is 4.15. The minimum atomic E-state index is -0.616. The number of hydrogen-bond acceptors (Lipinski definition) is 2. The van der Waals surface area contributed by atoms with Gasteiger partial charge < -0.3 is 4.90 Å². The Hall–Kier alpha value is -1.26. The van der Waals surface area contributed by atoms with Crippen molar-refractivity contribution in [3.05, 3.63) is 33.8 Å². The van der Waals surface area contributed by atoms with Crippen molar-refractivity contribution in [2.75, 3.05) is 14.1 Å². The molecule has 1 N–H and O–H groups in total. The van der Waals surface area contributed by atoms with Crippen LogP contribution in [0.3, 0.4) is 0 Å². The fourth-order valence-electron chi connectivity index (χ4n) is 0.986. The van der Waals surface area contributed by atoms with Gasteiger partial charge in [-0.05, 0) is 12.1 Å². The Labute approximate surface area is 103 Å². The number of rotatable bonds is 1. The highest BCUT2D eigenvalue weighted by molar-refractivity contribution is 6.40. The molecule has 0 aliphatic heterocycles. The van der Waals surface area contributed by atoms with Crippen LogP contribution in [0.5, 0.6) is 0 Å². The minimum absolute atomic E-state index is 0.0982. The van der Waals surface area contributed by atoms with E-state index in [4.69, 9.17) is 23.2 Å². The Bertz CT molecular complexity index is 413. The van der Waals surface area contributed by atoms with Crippen molar-refractivity contribution in [2.24, 2.45) is 0 Å². The first kappa shape index (κ1) is 12.8. The number of imide groups is 1. The van der Waals surface area contributed by atoms with E-state index >= 15 is 0 Å². The summed E-state index contributed by atoms with van der Waals surface area (Å²) in [6.07, 6.45) is 0. The molecule has 86 valence electrons. The van der Waals surface area contributed by atoms with Gasteiger partial charge in [-0.15, -0.1) is 0 Å². The molecule has 0 atom stereocenters. The molecule has 0 fully saturated rings. The maximum atomic E-state index is 11.7. The van der Waals surface area contributed by atoms with Crippen LogP contribution in [0, 0.1) is 0 Å². The summed E-state index contributed by atoms with van der Waals surface area (Å²) >= 11 is 11.6. The van der Waals surface area contributed by atoms with Crippen molar-refractivity contribution in [2.45, 2.75) is 0 Å². The molecule has 1 aromatic rings. The molecule has 0 unspecified atom stereocenters. The fourth-order valence-corrected chi connectivity index (χ4v) is 1.56. The van der Waals surface area contributed by atoms with Crippen LogP contribution in [-0.4, -0.2) is 30.9 Å². The molecular weight excluding hydrogens is 251 g/mol. The van der Waals surface area contributed by atoms with Gasteiger partial charge in [0.1, 0.15) is 0 Å². The summed E-state index contributed by atoms with van der Waals surface area (Å²) in [7, 11) is 3.05. The van der Waals surface area contributed by atoms with Gasteiger partial charge in [-0.2, -0.15) is 0 Å². The van der Waals surface area contributed by atoms with Gasteiger partial charge in [0.05, 0.1) is 15.6 Å². The molecule has 16 heavy (non-hydrogen) atoms. The maximum absolute atomic E-state index is 11.7. The third-order valence-corrected chi connectivity index (χ3v) is 2.45. The van der Waals surface area contributed by atoms with Crippen LogP contribution in [-0.2, 0) is 0 Å². The normalized spacial score (nSPS) is 9.75. The van der Waals surface area contributed by atoms with E-state index in [-0.39, 0.29) is 15.6 Å². The number of carbonyl (C=O) groups is 2. The second-order valence-corrected chi connectivity index (χ2v) is 4.06. The van der Waals surface area contributed by atoms with E-state index in [1.54, 1.807) is 6.07 Å². The van der Waals surface area contributed by atoms with E-state index in [9.17, 15) is 9.59 Å². The predicted molar refractivity (Wildman–Crippen MR) is 63.0 cm³/mol. The van der Waals surface area contributed by atoms with E-state index in [1.165, 1.54) is 31.1 Å². The summed E-state index contributed by atoms with van der Waals surface area (Å²) in [5.41, 5.74) is 0.0982. The lowest BCUT2D eigenvalue weighted by Crippen LogP contribution is -2.38. The van der Waals surface area contributed by atoms with E-state index < -0.39 is 11.9 Å². The van der Waals surface area contributed by atoms with Crippen LogP contribution >= 0.6 is 23.2 Å². The number of carbonyl (C=O) groups excluding carboxylic acids is 2. The summed E-state index contributed by atoms with van der Waals surface area (Å²) in [6.45, 7) is 0. The van der Waals surface area contributed by atoms with Gasteiger partial charge >= 0.3 is 6.03 Å². The highest BCUT2D eigenvalue weighted by Gasteiger charge is 2.17. The molecule has 0 radical (unpaired) electrons. The lowest BCUT2D eigenvalue weighted by Gasteiger charge is -2.12. The lowest BCUT2D eigenvalue weighted by molar-refractivity contribution is 0.0957. The number of halogens is 2. The summed E-state index contributed by atoms with van der Waals surface area (Å²) < 4.78 is 0. The van der Waals surface area contributed by atoms with Crippen molar-refractivity contribution < 1.29 is 9.59 Å². The Morgan fingerprint density at radius 3 is 2.12 bits per heavy atom. The third-order valence-electron chi connectivity index (χ3n) is 1.82.